The number of anilines is 4. The molecule has 0 saturated heterocycles. The molecular formula is C15H11Cl2N5. The first-order valence-corrected chi connectivity index (χ1v) is 7.21. The van der Waals surface area contributed by atoms with Gasteiger partial charge in [-0.2, -0.15) is 10.1 Å². The molecule has 0 radical (unpaired) electrons. The molecule has 110 valence electrons. The van der Waals surface area contributed by atoms with Gasteiger partial charge in [0.25, 0.3) is 0 Å². The smallest absolute Gasteiger partial charge is 0.249 e. The highest BCUT2D eigenvalue weighted by Crippen LogP contribution is 2.25. The van der Waals surface area contributed by atoms with Crippen molar-refractivity contribution in [2.45, 2.75) is 0 Å². The maximum atomic E-state index is 6.11. The Morgan fingerprint density at radius 3 is 2.00 bits per heavy atom. The summed E-state index contributed by atoms with van der Waals surface area (Å²) in [6, 6.07) is 14.7. The Hall–Kier alpha value is -2.37. The summed E-state index contributed by atoms with van der Waals surface area (Å²) in [5.41, 5.74) is 1.45. The molecule has 0 aliphatic carbocycles. The first-order valence-electron chi connectivity index (χ1n) is 6.45. The van der Waals surface area contributed by atoms with Gasteiger partial charge in [0.15, 0.2) is 5.82 Å². The minimum Gasteiger partial charge on any atom is -0.338 e. The summed E-state index contributed by atoms with van der Waals surface area (Å²) >= 11 is 12.2. The van der Waals surface area contributed by atoms with Gasteiger partial charge < -0.3 is 10.6 Å². The SMILES string of the molecule is Clc1ccccc1Nc1cnnc(Nc2ccccc2Cl)n1. The van der Waals surface area contributed by atoms with E-state index >= 15 is 0 Å². The summed E-state index contributed by atoms with van der Waals surface area (Å²) in [5, 5.41) is 15.1. The van der Waals surface area contributed by atoms with Crippen molar-refractivity contribution in [2.24, 2.45) is 0 Å². The Labute approximate surface area is 137 Å². The molecule has 0 saturated carbocycles. The van der Waals surface area contributed by atoms with Gasteiger partial charge in [-0.3, -0.25) is 0 Å². The molecule has 7 heteroatoms. The van der Waals surface area contributed by atoms with E-state index in [1.54, 1.807) is 12.1 Å². The van der Waals surface area contributed by atoms with Gasteiger partial charge in [-0.05, 0) is 24.3 Å². The number of aromatic nitrogens is 3. The normalized spacial score (nSPS) is 10.3. The number of para-hydroxylation sites is 2. The van der Waals surface area contributed by atoms with E-state index < -0.39 is 0 Å². The zero-order chi connectivity index (χ0) is 15.4. The molecule has 0 bridgehead atoms. The third kappa shape index (κ3) is 3.44. The van der Waals surface area contributed by atoms with Gasteiger partial charge in [-0.15, -0.1) is 5.10 Å². The summed E-state index contributed by atoms with van der Waals surface area (Å²) in [4.78, 5) is 4.33. The number of nitrogens with zero attached hydrogens (tertiary/aromatic N) is 3. The number of hydrogen-bond donors (Lipinski definition) is 2. The van der Waals surface area contributed by atoms with Gasteiger partial charge in [-0.25, -0.2) is 0 Å². The van der Waals surface area contributed by atoms with E-state index in [4.69, 9.17) is 23.2 Å². The molecule has 0 atom stereocenters. The summed E-state index contributed by atoms with van der Waals surface area (Å²) in [7, 11) is 0. The summed E-state index contributed by atoms with van der Waals surface area (Å²) in [6.45, 7) is 0. The summed E-state index contributed by atoms with van der Waals surface area (Å²) < 4.78 is 0. The van der Waals surface area contributed by atoms with Crippen LogP contribution in [-0.2, 0) is 0 Å². The third-order valence-corrected chi connectivity index (χ3v) is 3.47. The standard InChI is InChI=1S/C15H11Cl2N5/c16-10-5-1-3-7-12(10)19-14-9-18-22-15(21-14)20-13-8-4-2-6-11(13)17/h1-9H,(H2,19,20,21,22). The van der Waals surface area contributed by atoms with E-state index in [2.05, 4.69) is 25.8 Å². The molecule has 5 nitrogen and oxygen atoms in total. The highest BCUT2D eigenvalue weighted by atomic mass is 35.5. The Balaban J connectivity index is 1.81. The van der Waals surface area contributed by atoms with Crippen LogP contribution in [0.1, 0.15) is 0 Å². The first kappa shape index (κ1) is 14.6. The monoisotopic (exact) mass is 331 g/mol. The Morgan fingerprint density at radius 2 is 1.36 bits per heavy atom. The van der Waals surface area contributed by atoms with Crippen LogP contribution in [0.3, 0.4) is 0 Å². The van der Waals surface area contributed by atoms with E-state index in [0.717, 1.165) is 5.69 Å². The number of rotatable bonds is 4. The summed E-state index contributed by atoms with van der Waals surface area (Å²) in [5.74, 6) is 0.864. The van der Waals surface area contributed by atoms with E-state index in [-0.39, 0.29) is 0 Å². The maximum absolute atomic E-state index is 6.11. The average molecular weight is 332 g/mol. The van der Waals surface area contributed by atoms with Crippen molar-refractivity contribution in [3.63, 3.8) is 0 Å². The van der Waals surface area contributed by atoms with E-state index in [1.165, 1.54) is 6.20 Å². The molecular weight excluding hydrogens is 321 g/mol. The average Bonchev–Trinajstić information content (AvgIpc) is 2.52. The second kappa shape index (κ2) is 6.60. The number of hydrogen-bond acceptors (Lipinski definition) is 5. The number of nitrogens with one attached hydrogen (secondary N) is 2. The van der Waals surface area contributed by atoms with Crippen LogP contribution in [0.25, 0.3) is 0 Å². The molecule has 0 amide bonds. The van der Waals surface area contributed by atoms with Gasteiger partial charge in [0.2, 0.25) is 5.95 Å². The van der Waals surface area contributed by atoms with Gasteiger partial charge in [0, 0.05) is 0 Å². The fourth-order valence-corrected chi connectivity index (χ4v) is 2.17. The lowest BCUT2D eigenvalue weighted by Crippen LogP contribution is -2.02. The molecule has 0 aliphatic rings. The highest BCUT2D eigenvalue weighted by Gasteiger charge is 2.05. The fourth-order valence-electron chi connectivity index (χ4n) is 1.80. The van der Waals surface area contributed by atoms with Crippen LogP contribution < -0.4 is 10.6 Å². The van der Waals surface area contributed by atoms with Gasteiger partial charge in [0.05, 0.1) is 27.6 Å². The molecule has 3 rings (SSSR count). The molecule has 0 aliphatic heterocycles. The lowest BCUT2D eigenvalue weighted by Gasteiger charge is -2.09. The Kier molecular flexibility index (Phi) is 4.37. The molecule has 0 spiro atoms. The molecule has 22 heavy (non-hydrogen) atoms. The van der Waals surface area contributed by atoms with Crippen molar-refractivity contribution >= 4 is 46.3 Å². The van der Waals surface area contributed by atoms with Gasteiger partial charge in [0.1, 0.15) is 0 Å². The van der Waals surface area contributed by atoms with Crippen LogP contribution in [0.2, 0.25) is 10.0 Å². The van der Waals surface area contributed by atoms with Crippen LogP contribution in [-0.4, -0.2) is 15.2 Å². The van der Waals surface area contributed by atoms with Crippen LogP contribution in [0.15, 0.2) is 54.7 Å². The lowest BCUT2D eigenvalue weighted by molar-refractivity contribution is 0.982. The zero-order valence-electron chi connectivity index (χ0n) is 11.3. The predicted octanol–water partition coefficient (Wildman–Crippen LogP) is 4.67. The van der Waals surface area contributed by atoms with Crippen molar-refractivity contribution in [3.8, 4) is 0 Å². The van der Waals surface area contributed by atoms with Crippen LogP contribution >= 0.6 is 23.2 Å². The molecule has 0 unspecified atom stereocenters. The van der Waals surface area contributed by atoms with Gasteiger partial charge >= 0.3 is 0 Å². The Morgan fingerprint density at radius 1 is 0.773 bits per heavy atom. The highest BCUT2D eigenvalue weighted by molar-refractivity contribution is 6.33. The molecule has 0 fully saturated rings. The van der Waals surface area contributed by atoms with Crippen molar-refractivity contribution in [2.75, 3.05) is 10.6 Å². The van der Waals surface area contributed by atoms with Crippen LogP contribution in [0.5, 0.6) is 0 Å². The molecule has 2 N–H and O–H groups in total. The minimum absolute atomic E-state index is 0.338. The predicted molar refractivity (Wildman–Crippen MR) is 89.3 cm³/mol. The Bertz CT molecular complexity index is 731. The molecule has 1 heterocycles. The largest absolute Gasteiger partial charge is 0.338 e. The van der Waals surface area contributed by atoms with Crippen molar-refractivity contribution in [3.05, 3.63) is 64.8 Å². The fraction of sp³-hybridized carbons (Fsp3) is 0. The van der Waals surface area contributed by atoms with E-state index in [9.17, 15) is 0 Å². The van der Waals surface area contributed by atoms with E-state index in [0.29, 0.717) is 27.5 Å². The third-order valence-electron chi connectivity index (χ3n) is 2.82. The summed E-state index contributed by atoms with van der Waals surface area (Å²) in [6.07, 6.45) is 1.51. The first-order chi connectivity index (χ1) is 10.7. The maximum Gasteiger partial charge on any atom is 0.249 e. The van der Waals surface area contributed by atoms with Crippen molar-refractivity contribution in [1.29, 1.82) is 0 Å². The van der Waals surface area contributed by atoms with Crippen LogP contribution in [0.4, 0.5) is 23.1 Å². The minimum atomic E-state index is 0.338. The van der Waals surface area contributed by atoms with E-state index in [1.807, 2.05) is 36.4 Å². The number of benzene rings is 2. The number of halogens is 2. The second-order valence-corrected chi connectivity index (χ2v) is 5.19. The topological polar surface area (TPSA) is 62.7 Å². The zero-order valence-corrected chi connectivity index (χ0v) is 12.8. The van der Waals surface area contributed by atoms with Gasteiger partial charge in [-0.1, -0.05) is 47.5 Å². The van der Waals surface area contributed by atoms with Crippen LogP contribution in [0, 0.1) is 0 Å². The molecule has 3 aromatic rings. The van der Waals surface area contributed by atoms with Crippen molar-refractivity contribution < 1.29 is 0 Å². The van der Waals surface area contributed by atoms with Crippen molar-refractivity contribution in [1.82, 2.24) is 15.2 Å². The molecule has 1 aromatic heterocycles. The quantitative estimate of drug-likeness (QED) is 0.727. The molecule has 2 aromatic carbocycles. The lowest BCUT2D eigenvalue weighted by atomic mass is 10.3. The second-order valence-electron chi connectivity index (χ2n) is 4.37.